The fourth-order valence-corrected chi connectivity index (χ4v) is 2.83. The molecule has 0 aromatic carbocycles. The summed E-state index contributed by atoms with van der Waals surface area (Å²) < 4.78 is 9.98. The Hall–Kier alpha value is -0.0500. The smallest absolute Gasteiger partial charge is 0.262 e. The standard InChI is InChI=1S/C7H15N4.H3O4P/c1-11-5-8-2-9(6-11)4-10(3-8)7-11;1-5(2,3)4/h2-7H2,1H3;(H3,1,2,3,4)/q+1;/p-1. The summed E-state index contributed by atoms with van der Waals surface area (Å²) in [6.45, 7) is 7.37. The van der Waals surface area contributed by atoms with Gasteiger partial charge in [0.1, 0.15) is 20.0 Å². The van der Waals surface area contributed by atoms with Gasteiger partial charge in [0.05, 0.1) is 27.1 Å². The van der Waals surface area contributed by atoms with E-state index in [0.717, 1.165) is 0 Å². The molecule has 0 aromatic rings. The summed E-state index contributed by atoms with van der Waals surface area (Å²) >= 11 is 0. The Bertz CT molecular complexity index is 276. The number of phosphoric acid groups is 1. The Morgan fingerprint density at radius 3 is 1.50 bits per heavy atom. The van der Waals surface area contributed by atoms with Crippen molar-refractivity contribution in [2.75, 3.05) is 47.1 Å². The molecule has 9 heteroatoms. The molecule has 0 aliphatic carbocycles. The van der Waals surface area contributed by atoms with Gasteiger partial charge in [-0.15, -0.1) is 0 Å². The normalized spacial score (nSPS) is 45.1. The molecule has 0 radical (unpaired) electrons. The van der Waals surface area contributed by atoms with E-state index in [4.69, 9.17) is 19.2 Å². The van der Waals surface area contributed by atoms with Crippen molar-refractivity contribution in [3.8, 4) is 0 Å². The zero-order valence-electron chi connectivity index (χ0n) is 9.19. The molecule has 4 bridgehead atoms. The van der Waals surface area contributed by atoms with E-state index in [9.17, 15) is 0 Å². The lowest BCUT2D eigenvalue weighted by atomic mass is 10.3. The molecule has 4 saturated heterocycles. The van der Waals surface area contributed by atoms with Gasteiger partial charge >= 0.3 is 0 Å². The first-order valence-electron chi connectivity index (χ1n) is 5.01. The third kappa shape index (κ3) is 3.22. The van der Waals surface area contributed by atoms with Gasteiger partial charge in [-0.3, -0.25) is 9.05 Å². The molecule has 0 aromatic heterocycles. The second-order valence-electron chi connectivity index (χ2n) is 4.97. The van der Waals surface area contributed by atoms with Gasteiger partial charge in [0, 0.05) is 0 Å². The van der Waals surface area contributed by atoms with E-state index in [1.807, 2.05) is 0 Å². The summed E-state index contributed by atoms with van der Waals surface area (Å²) in [5.41, 5.74) is 0. The largest absolute Gasteiger partial charge is 0.756 e. The molecule has 0 unspecified atom stereocenters. The number of rotatable bonds is 0. The second-order valence-corrected chi connectivity index (χ2v) is 5.95. The van der Waals surface area contributed by atoms with Crippen LogP contribution < -0.4 is 4.89 Å². The van der Waals surface area contributed by atoms with Crippen LogP contribution in [0.15, 0.2) is 0 Å². The molecule has 2 N–H and O–H groups in total. The number of hydrogen-bond acceptors (Lipinski definition) is 5. The average molecular weight is 252 g/mol. The number of nitrogens with zero attached hydrogens (tertiary/aromatic N) is 4. The zero-order valence-corrected chi connectivity index (χ0v) is 10.1. The van der Waals surface area contributed by atoms with Crippen molar-refractivity contribution in [1.82, 2.24) is 14.7 Å². The van der Waals surface area contributed by atoms with Crippen molar-refractivity contribution < 1.29 is 23.7 Å². The van der Waals surface area contributed by atoms with Gasteiger partial charge in [0.15, 0.2) is 0 Å². The van der Waals surface area contributed by atoms with E-state index in [1.54, 1.807) is 0 Å². The van der Waals surface area contributed by atoms with Gasteiger partial charge in [0.25, 0.3) is 7.82 Å². The van der Waals surface area contributed by atoms with Gasteiger partial charge < -0.3 is 14.7 Å². The Labute approximate surface area is 94.1 Å². The summed E-state index contributed by atoms with van der Waals surface area (Å²) in [4.78, 5) is 30.5. The van der Waals surface area contributed by atoms with Gasteiger partial charge in [-0.1, -0.05) is 0 Å². The molecular formula is C7H17N4O4P. The highest BCUT2D eigenvalue weighted by atomic mass is 31.2. The summed E-state index contributed by atoms with van der Waals surface area (Å²) in [7, 11) is -2.54. The Balaban J connectivity index is 0.000000168. The molecule has 0 amide bonds. The maximum absolute atomic E-state index is 8.77. The minimum absolute atomic E-state index is 1.20. The van der Waals surface area contributed by atoms with Crippen molar-refractivity contribution in [1.29, 1.82) is 0 Å². The van der Waals surface area contributed by atoms with E-state index in [0.29, 0.717) is 0 Å². The van der Waals surface area contributed by atoms with Crippen LogP contribution in [-0.4, -0.2) is 76.0 Å². The fourth-order valence-electron chi connectivity index (χ4n) is 2.83. The highest BCUT2D eigenvalue weighted by Gasteiger charge is 2.45. The summed E-state index contributed by atoms with van der Waals surface area (Å²) in [5, 5.41) is 0. The first-order chi connectivity index (χ1) is 7.23. The molecule has 94 valence electrons. The van der Waals surface area contributed by atoms with Crippen LogP contribution in [0.25, 0.3) is 0 Å². The second kappa shape index (κ2) is 4.01. The van der Waals surface area contributed by atoms with Crippen LogP contribution in [-0.2, 0) is 4.57 Å². The van der Waals surface area contributed by atoms with Gasteiger partial charge in [0.2, 0.25) is 0 Å². The van der Waals surface area contributed by atoms with E-state index in [2.05, 4.69) is 21.7 Å². The first-order valence-corrected chi connectivity index (χ1v) is 6.54. The van der Waals surface area contributed by atoms with Crippen LogP contribution in [0.5, 0.6) is 0 Å². The van der Waals surface area contributed by atoms with Gasteiger partial charge in [-0.25, -0.2) is 14.7 Å². The molecule has 16 heavy (non-hydrogen) atoms. The van der Waals surface area contributed by atoms with Gasteiger partial charge in [-0.05, 0) is 0 Å². The lowest BCUT2D eigenvalue weighted by Gasteiger charge is -2.59. The van der Waals surface area contributed by atoms with Crippen LogP contribution in [0, 0.1) is 0 Å². The minimum Gasteiger partial charge on any atom is -0.756 e. The number of hydrogen-bond donors (Lipinski definition) is 2. The third-order valence-electron chi connectivity index (χ3n) is 2.82. The van der Waals surface area contributed by atoms with Crippen molar-refractivity contribution in [3.63, 3.8) is 0 Å². The summed E-state index contributed by atoms with van der Waals surface area (Å²) in [5.74, 6) is 0. The molecule has 4 rings (SSSR count). The predicted molar refractivity (Wildman–Crippen MR) is 52.9 cm³/mol. The molecule has 4 aliphatic rings. The molecule has 4 fully saturated rings. The lowest BCUT2D eigenvalue weighted by Crippen LogP contribution is -2.77. The molecule has 0 saturated carbocycles. The highest BCUT2D eigenvalue weighted by molar-refractivity contribution is 7.43. The first kappa shape index (κ1) is 12.4. The molecule has 4 heterocycles. The van der Waals surface area contributed by atoms with Gasteiger partial charge in [-0.2, -0.15) is 0 Å². The SMILES string of the molecule is C[N+]12CN3CN(CN(C3)C1)C2.O=P([O-])(O)O. The topological polar surface area (TPSA) is 90.3 Å². The van der Waals surface area contributed by atoms with Crippen LogP contribution in [0.1, 0.15) is 0 Å². The van der Waals surface area contributed by atoms with E-state index in [-0.39, 0.29) is 0 Å². The minimum atomic E-state index is -4.89. The highest BCUT2D eigenvalue weighted by Crippen LogP contribution is 2.25. The maximum Gasteiger partial charge on any atom is 0.262 e. The molecular weight excluding hydrogens is 235 g/mol. The van der Waals surface area contributed by atoms with Crippen LogP contribution >= 0.6 is 7.82 Å². The Morgan fingerprint density at radius 1 is 1.06 bits per heavy atom. The van der Waals surface area contributed by atoms with Crippen molar-refractivity contribution in [2.24, 2.45) is 0 Å². The monoisotopic (exact) mass is 252 g/mol. The van der Waals surface area contributed by atoms with Crippen molar-refractivity contribution in [3.05, 3.63) is 0 Å². The van der Waals surface area contributed by atoms with E-state index in [1.165, 1.54) is 44.5 Å². The quantitative estimate of drug-likeness (QED) is 0.366. The summed E-state index contributed by atoms with van der Waals surface area (Å²) in [6, 6.07) is 0. The van der Waals surface area contributed by atoms with Crippen molar-refractivity contribution in [2.45, 2.75) is 0 Å². The third-order valence-corrected chi connectivity index (χ3v) is 2.82. The Kier molecular flexibility index (Phi) is 3.11. The Morgan fingerprint density at radius 2 is 1.31 bits per heavy atom. The van der Waals surface area contributed by atoms with E-state index >= 15 is 0 Å². The fraction of sp³-hybridized carbons (Fsp3) is 1.00. The average Bonchev–Trinajstić information content (AvgIpc) is 1.93. The van der Waals surface area contributed by atoms with Crippen LogP contribution in [0.4, 0.5) is 0 Å². The number of quaternary nitrogens is 1. The molecule has 0 spiro atoms. The van der Waals surface area contributed by atoms with Crippen LogP contribution in [0.2, 0.25) is 0 Å². The summed E-state index contributed by atoms with van der Waals surface area (Å²) in [6.07, 6.45) is 0. The predicted octanol–water partition coefficient (Wildman–Crippen LogP) is -2.44. The molecule has 4 aliphatic heterocycles. The lowest BCUT2D eigenvalue weighted by molar-refractivity contribution is -0.963. The molecule has 0 atom stereocenters. The zero-order chi connectivity index (χ0) is 12.0. The maximum atomic E-state index is 8.77. The molecule has 8 nitrogen and oxygen atoms in total. The van der Waals surface area contributed by atoms with E-state index < -0.39 is 7.82 Å². The van der Waals surface area contributed by atoms with Crippen LogP contribution in [0.3, 0.4) is 0 Å². The van der Waals surface area contributed by atoms with Crippen molar-refractivity contribution >= 4 is 7.82 Å².